The van der Waals surface area contributed by atoms with E-state index >= 15 is 0 Å². The van der Waals surface area contributed by atoms with Gasteiger partial charge in [-0.1, -0.05) is 56.5 Å². The highest BCUT2D eigenvalue weighted by Crippen LogP contribution is 2.22. The SMILES string of the molecule is C=C/C=C\N(C)C1CCCCC1.CCC(=O)Nc1c(C)cc(C)cc1C.COBr. The molecule has 0 bridgehead atoms. The molecule has 0 aromatic heterocycles. The van der Waals surface area contributed by atoms with Gasteiger partial charge in [-0.3, -0.25) is 4.79 Å². The minimum Gasteiger partial charge on any atom is -0.377 e. The van der Waals surface area contributed by atoms with Crippen molar-refractivity contribution in [3.05, 3.63) is 53.8 Å². The topological polar surface area (TPSA) is 41.6 Å². The van der Waals surface area contributed by atoms with Crippen molar-refractivity contribution in [2.75, 3.05) is 19.5 Å². The average Bonchev–Trinajstić information content (AvgIpc) is 2.70. The van der Waals surface area contributed by atoms with E-state index in [9.17, 15) is 4.79 Å². The first-order valence-electron chi connectivity index (χ1n) is 10.3. The number of amides is 1. The van der Waals surface area contributed by atoms with Crippen LogP contribution in [0.1, 0.15) is 62.1 Å². The van der Waals surface area contributed by atoms with Gasteiger partial charge in [-0.15, -0.1) is 0 Å². The fraction of sp³-hybridized carbons (Fsp3) is 0.542. The van der Waals surface area contributed by atoms with Crippen molar-refractivity contribution in [2.45, 2.75) is 72.3 Å². The van der Waals surface area contributed by atoms with Crippen LogP contribution in [0.2, 0.25) is 0 Å². The number of hydrogen-bond acceptors (Lipinski definition) is 3. The maximum atomic E-state index is 11.3. The van der Waals surface area contributed by atoms with Gasteiger partial charge in [0.05, 0.1) is 23.4 Å². The van der Waals surface area contributed by atoms with Gasteiger partial charge in [-0.05, 0) is 57.0 Å². The zero-order chi connectivity index (χ0) is 22.2. The van der Waals surface area contributed by atoms with Crippen molar-refractivity contribution in [1.82, 2.24) is 4.90 Å². The Morgan fingerprint density at radius 2 is 1.76 bits per heavy atom. The molecular formula is C24H39BrN2O2. The monoisotopic (exact) mass is 466 g/mol. The Hall–Kier alpha value is -1.59. The first kappa shape index (κ1) is 27.4. The first-order valence-corrected chi connectivity index (χ1v) is 11.0. The quantitative estimate of drug-likeness (QED) is 0.482. The lowest BCUT2D eigenvalue weighted by atomic mass is 9.95. The van der Waals surface area contributed by atoms with E-state index in [1.54, 1.807) is 7.11 Å². The van der Waals surface area contributed by atoms with Gasteiger partial charge in [0, 0.05) is 25.2 Å². The summed E-state index contributed by atoms with van der Waals surface area (Å²) in [5.41, 5.74) is 4.45. The maximum Gasteiger partial charge on any atom is 0.224 e. The smallest absolute Gasteiger partial charge is 0.224 e. The molecule has 1 aliphatic carbocycles. The lowest BCUT2D eigenvalue weighted by molar-refractivity contribution is -0.115. The van der Waals surface area contributed by atoms with Crippen LogP contribution in [0.5, 0.6) is 0 Å². The number of benzene rings is 1. The van der Waals surface area contributed by atoms with E-state index in [0.717, 1.165) is 22.9 Å². The van der Waals surface area contributed by atoms with Gasteiger partial charge in [0.15, 0.2) is 0 Å². The van der Waals surface area contributed by atoms with Crippen LogP contribution in [0.3, 0.4) is 0 Å². The fourth-order valence-corrected chi connectivity index (χ4v) is 3.41. The van der Waals surface area contributed by atoms with Crippen LogP contribution in [-0.4, -0.2) is 31.0 Å². The minimum absolute atomic E-state index is 0.0695. The van der Waals surface area contributed by atoms with Gasteiger partial charge in [0.1, 0.15) is 0 Å². The predicted octanol–water partition coefficient (Wildman–Crippen LogP) is 6.85. The van der Waals surface area contributed by atoms with E-state index in [-0.39, 0.29) is 5.91 Å². The van der Waals surface area contributed by atoms with Crippen molar-refractivity contribution in [1.29, 1.82) is 0 Å². The molecule has 2 rings (SSSR count). The Balaban J connectivity index is 0.000000481. The number of nitrogens with zero attached hydrogens (tertiary/aromatic N) is 1. The minimum atomic E-state index is 0.0695. The Bertz CT molecular complexity index is 615. The lowest BCUT2D eigenvalue weighted by Crippen LogP contribution is -2.28. The average molecular weight is 467 g/mol. The van der Waals surface area contributed by atoms with Crippen LogP contribution < -0.4 is 5.32 Å². The third-order valence-electron chi connectivity index (χ3n) is 4.87. The summed E-state index contributed by atoms with van der Waals surface area (Å²) in [5.74, 6) is 0.0695. The van der Waals surface area contributed by atoms with Gasteiger partial charge >= 0.3 is 0 Å². The standard InChI is InChI=1S/C12H17NO.C11H19N.CH3BrO/c1-5-11(14)13-12-9(3)6-8(2)7-10(12)4;1-3-4-10-12(2)11-8-6-5-7-9-11;1-3-2/h6-7H,5H2,1-4H3,(H,13,14);3-4,10-11H,1,5-9H2,2H3;1H3/b;10-4-;. The fourth-order valence-electron chi connectivity index (χ4n) is 3.41. The highest BCUT2D eigenvalue weighted by Gasteiger charge is 2.14. The number of rotatable bonds is 5. The number of anilines is 1. The van der Waals surface area contributed by atoms with Crippen molar-refractivity contribution >= 4 is 27.9 Å². The maximum absolute atomic E-state index is 11.3. The molecular weight excluding hydrogens is 428 g/mol. The van der Waals surface area contributed by atoms with Crippen LogP contribution in [0.15, 0.2) is 37.1 Å². The lowest BCUT2D eigenvalue weighted by Gasteiger charge is -2.30. The van der Waals surface area contributed by atoms with Crippen LogP contribution >= 0.6 is 16.3 Å². The third kappa shape index (κ3) is 11.9. The van der Waals surface area contributed by atoms with Gasteiger partial charge < -0.3 is 14.0 Å². The zero-order valence-electron chi connectivity index (χ0n) is 19.1. The molecule has 1 aromatic rings. The molecule has 0 aliphatic heterocycles. The van der Waals surface area contributed by atoms with Crippen molar-refractivity contribution in [3.8, 4) is 0 Å². The number of allylic oxidation sites excluding steroid dienone is 2. The molecule has 1 fully saturated rings. The highest BCUT2D eigenvalue weighted by atomic mass is 79.9. The molecule has 164 valence electrons. The van der Waals surface area contributed by atoms with Crippen LogP contribution in [0.25, 0.3) is 0 Å². The largest absolute Gasteiger partial charge is 0.377 e. The number of aryl methyl sites for hydroxylation is 3. The summed E-state index contributed by atoms with van der Waals surface area (Å²) >= 11 is 2.65. The summed E-state index contributed by atoms with van der Waals surface area (Å²) < 4.78 is 4.06. The van der Waals surface area contributed by atoms with Gasteiger partial charge in [0.2, 0.25) is 5.91 Å². The summed E-state index contributed by atoms with van der Waals surface area (Å²) in [4.78, 5) is 13.6. The van der Waals surface area contributed by atoms with Crippen molar-refractivity contribution < 1.29 is 8.62 Å². The molecule has 1 aromatic carbocycles. The second kappa shape index (κ2) is 16.2. The number of carbonyl (C=O) groups is 1. The summed E-state index contributed by atoms with van der Waals surface area (Å²) in [5, 5.41) is 2.92. The van der Waals surface area contributed by atoms with E-state index in [1.807, 2.05) is 32.9 Å². The van der Waals surface area contributed by atoms with E-state index in [4.69, 9.17) is 0 Å². The first-order chi connectivity index (χ1) is 13.8. The van der Waals surface area contributed by atoms with Crippen molar-refractivity contribution in [3.63, 3.8) is 0 Å². The molecule has 0 atom stereocenters. The summed E-state index contributed by atoms with van der Waals surface area (Å²) in [7, 11) is 3.70. The second-order valence-corrected chi connectivity index (χ2v) is 8.01. The number of nitrogens with one attached hydrogen (secondary N) is 1. The van der Waals surface area contributed by atoms with Gasteiger partial charge in [-0.2, -0.15) is 0 Å². The molecule has 0 saturated heterocycles. The Morgan fingerprint density at radius 1 is 1.24 bits per heavy atom. The van der Waals surface area contributed by atoms with Gasteiger partial charge in [-0.25, -0.2) is 0 Å². The van der Waals surface area contributed by atoms with Crippen LogP contribution in [0, 0.1) is 20.8 Å². The number of hydrogen-bond donors (Lipinski definition) is 1. The van der Waals surface area contributed by atoms with E-state index in [2.05, 4.69) is 69.2 Å². The second-order valence-electron chi connectivity index (χ2n) is 7.36. The molecule has 1 N–H and O–H groups in total. The van der Waals surface area contributed by atoms with Crippen molar-refractivity contribution in [2.24, 2.45) is 0 Å². The Morgan fingerprint density at radius 3 is 2.21 bits per heavy atom. The normalized spacial score (nSPS) is 13.6. The Labute approximate surface area is 186 Å². The summed E-state index contributed by atoms with van der Waals surface area (Å²) in [6.45, 7) is 11.6. The summed E-state index contributed by atoms with van der Waals surface area (Å²) in [6, 6.07) is 4.94. The van der Waals surface area contributed by atoms with E-state index < -0.39 is 0 Å². The number of carbonyl (C=O) groups excluding carboxylic acids is 1. The molecule has 1 aliphatic rings. The van der Waals surface area contributed by atoms with Crippen LogP contribution in [0.4, 0.5) is 5.69 Å². The molecule has 0 radical (unpaired) electrons. The van der Waals surface area contributed by atoms with Crippen LogP contribution in [-0.2, 0) is 8.62 Å². The summed E-state index contributed by atoms with van der Waals surface area (Å²) in [6.07, 6.45) is 13.4. The third-order valence-corrected chi connectivity index (χ3v) is 4.87. The molecule has 1 saturated carbocycles. The zero-order valence-corrected chi connectivity index (χ0v) is 20.6. The van der Waals surface area contributed by atoms with E-state index in [0.29, 0.717) is 6.42 Å². The Kier molecular flexibility index (Phi) is 15.3. The van der Waals surface area contributed by atoms with E-state index in [1.165, 1.54) is 37.7 Å². The van der Waals surface area contributed by atoms with Gasteiger partial charge in [0.25, 0.3) is 0 Å². The molecule has 0 unspecified atom stereocenters. The molecule has 29 heavy (non-hydrogen) atoms. The molecule has 0 spiro atoms. The molecule has 0 heterocycles. The predicted molar refractivity (Wildman–Crippen MR) is 129 cm³/mol. The molecule has 5 heteroatoms. The highest BCUT2D eigenvalue weighted by molar-refractivity contribution is 9.06. The number of halogens is 1. The molecule has 4 nitrogen and oxygen atoms in total. The molecule has 1 amide bonds.